The molecule has 0 aliphatic rings. The van der Waals surface area contributed by atoms with E-state index in [0.717, 1.165) is 5.56 Å². The lowest BCUT2D eigenvalue weighted by Crippen LogP contribution is -2.28. The monoisotopic (exact) mass is 419 g/mol. The zero-order valence-corrected chi connectivity index (χ0v) is 16.5. The first kappa shape index (κ1) is 20.4. The third kappa shape index (κ3) is 5.34. The van der Waals surface area contributed by atoms with Gasteiger partial charge in [0.15, 0.2) is 5.16 Å². The number of aromatic nitrogens is 2. The first-order valence-electron chi connectivity index (χ1n) is 8.59. The fraction of sp³-hybridized carbons (Fsp3) is 0.200. The molecule has 2 aromatic carbocycles. The van der Waals surface area contributed by atoms with Crippen LogP contribution < -0.4 is 5.32 Å². The number of benzene rings is 2. The number of carbonyl (C=O) groups excluding carboxylic acids is 1. The molecule has 8 heteroatoms. The maximum Gasteiger partial charge on any atom is 0.240 e. The Morgan fingerprint density at radius 2 is 1.96 bits per heavy atom. The first-order valence-corrected chi connectivity index (χ1v) is 9.96. The second-order valence-corrected chi connectivity index (χ2v) is 7.44. The van der Waals surface area contributed by atoms with Gasteiger partial charge < -0.3 is 15.0 Å². The summed E-state index contributed by atoms with van der Waals surface area (Å²) in [6.07, 6.45) is 1.52. The standard InChI is InChI=1S/C20H19ClFN3O2S/c21-16-7-5-14(6-8-16)9-23-19(27)11-25-17(12-26)10-24-20(25)28-13-15-3-1-2-4-18(15)22/h1-8,10,26H,9,11-13H2,(H,23,27). The van der Waals surface area contributed by atoms with E-state index in [2.05, 4.69) is 10.3 Å². The lowest BCUT2D eigenvalue weighted by molar-refractivity contribution is -0.122. The summed E-state index contributed by atoms with van der Waals surface area (Å²) in [6, 6.07) is 13.7. The van der Waals surface area contributed by atoms with Crippen LogP contribution in [-0.4, -0.2) is 20.6 Å². The van der Waals surface area contributed by atoms with E-state index in [1.165, 1.54) is 24.0 Å². The molecule has 0 unspecified atom stereocenters. The predicted molar refractivity (Wildman–Crippen MR) is 107 cm³/mol. The smallest absolute Gasteiger partial charge is 0.240 e. The largest absolute Gasteiger partial charge is 0.390 e. The van der Waals surface area contributed by atoms with E-state index in [9.17, 15) is 14.3 Å². The zero-order valence-electron chi connectivity index (χ0n) is 14.9. The summed E-state index contributed by atoms with van der Waals surface area (Å²) in [4.78, 5) is 16.6. The van der Waals surface area contributed by atoms with Crippen molar-refractivity contribution in [2.75, 3.05) is 0 Å². The second kappa shape index (κ2) is 9.73. The van der Waals surface area contributed by atoms with Crippen LogP contribution in [0.2, 0.25) is 5.02 Å². The van der Waals surface area contributed by atoms with Gasteiger partial charge in [-0.3, -0.25) is 4.79 Å². The van der Waals surface area contributed by atoms with Crippen molar-refractivity contribution in [2.45, 2.75) is 30.6 Å². The van der Waals surface area contributed by atoms with Gasteiger partial charge in [0, 0.05) is 17.3 Å². The fourth-order valence-electron chi connectivity index (χ4n) is 2.56. The normalized spacial score (nSPS) is 10.8. The molecular weight excluding hydrogens is 401 g/mol. The summed E-state index contributed by atoms with van der Waals surface area (Å²) < 4.78 is 15.4. The van der Waals surface area contributed by atoms with Gasteiger partial charge >= 0.3 is 0 Å². The quantitative estimate of drug-likeness (QED) is 0.545. The Morgan fingerprint density at radius 3 is 2.68 bits per heavy atom. The topological polar surface area (TPSA) is 67.2 Å². The highest BCUT2D eigenvalue weighted by Gasteiger charge is 2.14. The average Bonchev–Trinajstić information content (AvgIpc) is 3.08. The Kier molecular flexibility index (Phi) is 7.08. The van der Waals surface area contributed by atoms with Gasteiger partial charge in [-0.15, -0.1) is 0 Å². The molecule has 0 saturated carbocycles. The molecule has 1 amide bonds. The van der Waals surface area contributed by atoms with Gasteiger partial charge in [0.05, 0.1) is 18.5 Å². The number of nitrogens with one attached hydrogen (secondary N) is 1. The van der Waals surface area contributed by atoms with Crippen molar-refractivity contribution < 1.29 is 14.3 Å². The molecule has 3 rings (SSSR count). The third-order valence-electron chi connectivity index (χ3n) is 4.08. The number of amides is 1. The Labute approximate surface area is 171 Å². The number of imidazole rings is 1. The van der Waals surface area contributed by atoms with Crippen LogP contribution in [0.15, 0.2) is 59.9 Å². The van der Waals surface area contributed by atoms with E-state index in [4.69, 9.17) is 11.6 Å². The minimum absolute atomic E-state index is 0.0170. The predicted octanol–water partition coefficient (Wildman–Crippen LogP) is 3.78. The van der Waals surface area contributed by atoms with Gasteiger partial charge in [-0.1, -0.05) is 53.7 Å². The number of aliphatic hydroxyl groups excluding tert-OH is 1. The molecule has 5 nitrogen and oxygen atoms in total. The van der Waals surface area contributed by atoms with Crippen LogP contribution in [0.5, 0.6) is 0 Å². The minimum atomic E-state index is -0.281. The summed E-state index contributed by atoms with van der Waals surface area (Å²) in [5, 5.41) is 13.6. The Morgan fingerprint density at radius 1 is 1.21 bits per heavy atom. The average molecular weight is 420 g/mol. The molecule has 3 aromatic rings. The maximum absolute atomic E-state index is 13.8. The van der Waals surface area contributed by atoms with Crippen molar-refractivity contribution in [2.24, 2.45) is 0 Å². The van der Waals surface area contributed by atoms with Gasteiger partial charge in [0.2, 0.25) is 5.91 Å². The summed E-state index contributed by atoms with van der Waals surface area (Å²) in [6.45, 7) is 0.150. The lowest BCUT2D eigenvalue weighted by atomic mass is 10.2. The number of hydrogen-bond acceptors (Lipinski definition) is 4. The molecular formula is C20H19ClFN3O2S. The van der Waals surface area contributed by atoms with E-state index in [-0.39, 0.29) is 24.9 Å². The van der Waals surface area contributed by atoms with Crippen LogP contribution >= 0.6 is 23.4 Å². The zero-order chi connectivity index (χ0) is 19.9. The summed E-state index contributed by atoms with van der Waals surface area (Å²) in [5.41, 5.74) is 2.01. The van der Waals surface area contributed by atoms with E-state index in [0.29, 0.717) is 33.7 Å². The van der Waals surface area contributed by atoms with Crippen LogP contribution in [-0.2, 0) is 30.2 Å². The highest BCUT2D eigenvalue weighted by Crippen LogP contribution is 2.24. The molecule has 2 N–H and O–H groups in total. The van der Waals surface area contributed by atoms with E-state index >= 15 is 0 Å². The van der Waals surface area contributed by atoms with E-state index in [1.807, 2.05) is 12.1 Å². The molecule has 0 fully saturated rings. The molecule has 146 valence electrons. The van der Waals surface area contributed by atoms with E-state index < -0.39 is 0 Å². The molecule has 0 spiro atoms. The van der Waals surface area contributed by atoms with Crippen LogP contribution in [0.25, 0.3) is 0 Å². The van der Waals surface area contributed by atoms with Crippen LogP contribution in [0.1, 0.15) is 16.8 Å². The SMILES string of the molecule is O=C(Cn1c(CO)cnc1SCc1ccccc1F)NCc1ccc(Cl)cc1. The second-order valence-electron chi connectivity index (χ2n) is 6.06. The molecule has 1 aromatic heterocycles. The first-order chi connectivity index (χ1) is 13.6. The number of aliphatic hydroxyl groups is 1. The minimum Gasteiger partial charge on any atom is -0.390 e. The third-order valence-corrected chi connectivity index (χ3v) is 5.37. The molecule has 1 heterocycles. The van der Waals surface area contributed by atoms with E-state index in [1.54, 1.807) is 34.9 Å². The molecule has 0 bridgehead atoms. The summed E-state index contributed by atoms with van der Waals surface area (Å²) >= 11 is 7.17. The number of rotatable bonds is 8. The molecule has 28 heavy (non-hydrogen) atoms. The number of nitrogens with zero attached hydrogens (tertiary/aromatic N) is 2. The van der Waals surface area contributed by atoms with Gasteiger partial charge in [0.1, 0.15) is 12.4 Å². The van der Waals surface area contributed by atoms with Gasteiger partial charge in [0.25, 0.3) is 0 Å². The van der Waals surface area contributed by atoms with Crippen LogP contribution in [0.3, 0.4) is 0 Å². The maximum atomic E-state index is 13.8. The van der Waals surface area contributed by atoms with Gasteiger partial charge in [-0.2, -0.15) is 0 Å². The molecule has 0 aliphatic heterocycles. The highest BCUT2D eigenvalue weighted by molar-refractivity contribution is 7.98. The number of halogens is 2. The fourth-order valence-corrected chi connectivity index (χ4v) is 3.67. The number of hydrogen-bond donors (Lipinski definition) is 2. The van der Waals surface area contributed by atoms with Crippen molar-refractivity contribution in [3.05, 3.63) is 82.4 Å². The molecule has 0 atom stereocenters. The van der Waals surface area contributed by atoms with Crippen molar-refractivity contribution >= 4 is 29.3 Å². The Bertz CT molecular complexity index is 947. The Hall–Kier alpha value is -2.35. The molecule has 0 aliphatic carbocycles. The summed E-state index contributed by atoms with van der Waals surface area (Å²) in [7, 11) is 0. The number of thioether (sulfide) groups is 1. The summed E-state index contributed by atoms with van der Waals surface area (Å²) in [5.74, 6) is -0.118. The highest BCUT2D eigenvalue weighted by atomic mass is 35.5. The van der Waals surface area contributed by atoms with Crippen molar-refractivity contribution in [1.29, 1.82) is 0 Å². The van der Waals surface area contributed by atoms with Crippen molar-refractivity contribution in [3.8, 4) is 0 Å². The van der Waals surface area contributed by atoms with Crippen LogP contribution in [0.4, 0.5) is 4.39 Å². The molecule has 0 saturated heterocycles. The van der Waals surface area contributed by atoms with Gasteiger partial charge in [-0.25, -0.2) is 9.37 Å². The van der Waals surface area contributed by atoms with Crippen molar-refractivity contribution in [1.82, 2.24) is 14.9 Å². The molecule has 0 radical (unpaired) electrons. The number of carbonyl (C=O) groups is 1. The van der Waals surface area contributed by atoms with Crippen LogP contribution in [0, 0.1) is 5.82 Å². The van der Waals surface area contributed by atoms with Crippen molar-refractivity contribution in [3.63, 3.8) is 0 Å². The van der Waals surface area contributed by atoms with Gasteiger partial charge in [-0.05, 0) is 29.3 Å². The lowest BCUT2D eigenvalue weighted by Gasteiger charge is -2.11. The Balaban J connectivity index is 1.63.